The first-order chi connectivity index (χ1) is 8.06. The van der Waals surface area contributed by atoms with Crippen LogP contribution in [0.2, 0.25) is 0 Å². The number of hydrogen-bond acceptors (Lipinski definition) is 3. The van der Waals surface area contributed by atoms with Crippen molar-refractivity contribution in [2.45, 2.75) is 44.4 Å². The summed E-state index contributed by atoms with van der Waals surface area (Å²) in [6.45, 7) is 8.49. The molecule has 0 aliphatic carbocycles. The zero-order valence-electron chi connectivity index (χ0n) is 10.8. The topological polar surface area (TPSA) is 29.0 Å². The Morgan fingerprint density at radius 1 is 1.41 bits per heavy atom. The van der Waals surface area contributed by atoms with Crippen LogP contribution in [0.4, 0.5) is 5.82 Å². The van der Waals surface area contributed by atoms with Gasteiger partial charge in [-0.05, 0) is 19.8 Å². The van der Waals surface area contributed by atoms with Gasteiger partial charge in [0, 0.05) is 35.6 Å². The number of piperidine rings is 1. The van der Waals surface area contributed by atoms with Gasteiger partial charge in [0.15, 0.2) is 0 Å². The van der Waals surface area contributed by atoms with Crippen LogP contribution in [0.1, 0.15) is 44.1 Å². The van der Waals surface area contributed by atoms with Gasteiger partial charge in [0.2, 0.25) is 0 Å². The van der Waals surface area contributed by atoms with Crippen molar-refractivity contribution in [3.05, 3.63) is 17.6 Å². The summed E-state index contributed by atoms with van der Waals surface area (Å²) in [6, 6.07) is 2.09. The van der Waals surface area contributed by atoms with Gasteiger partial charge in [0.05, 0.1) is 0 Å². The lowest BCUT2D eigenvalue weighted by atomic mass is 10.1. The summed E-state index contributed by atoms with van der Waals surface area (Å²) in [4.78, 5) is 12.1. The van der Waals surface area contributed by atoms with Gasteiger partial charge in [0.1, 0.15) is 11.6 Å². The van der Waals surface area contributed by atoms with E-state index in [9.17, 15) is 0 Å². The Balaban J connectivity index is 2.25. The molecular formula is C13H20BrN3. The lowest BCUT2D eigenvalue weighted by Crippen LogP contribution is -2.36. The van der Waals surface area contributed by atoms with E-state index in [-0.39, 0.29) is 0 Å². The minimum absolute atomic E-state index is 0.387. The zero-order valence-corrected chi connectivity index (χ0v) is 12.4. The van der Waals surface area contributed by atoms with E-state index in [0.717, 1.165) is 30.4 Å². The molecule has 0 saturated carbocycles. The smallest absolute Gasteiger partial charge is 0.133 e. The van der Waals surface area contributed by atoms with Gasteiger partial charge in [-0.25, -0.2) is 9.97 Å². The third kappa shape index (κ3) is 3.18. The molecule has 1 fully saturated rings. The quantitative estimate of drug-likeness (QED) is 0.785. The molecule has 0 aromatic carbocycles. The van der Waals surface area contributed by atoms with E-state index in [1.165, 1.54) is 12.8 Å². The highest BCUT2D eigenvalue weighted by Gasteiger charge is 2.19. The van der Waals surface area contributed by atoms with Crippen molar-refractivity contribution in [1.29, 1.82) is 0 Å². The summed E-state index contributed by atoms with van der Waals surface area (Å²) < 4.78 is 0. The Kier molecular flexibility index (Phi) is 4.02. The normalized spacial score (nSPS) is 21.0. The minimum atomic E-state index is 0.387. The fraction of sp³-hybridized carbons (Fsp3) is 0.692. The molecule has 0 bridgehead atoms. The van der Waals surface area contributed by atoms with E-state index in [1.807, 2.05) is 6.92 Å². The van der Waals surface area contributed by atoms with Gasteiger partial charge in [-0.1, -0.05) is 29.8 Å². The number of aromatic nitrogens is 2. The molecule has 94 valence electrons. The van der Waals surface area contributed by atoms with Crippen molar-refractivity contribution in [3.63, 3.8) is 0 Å². The average molecular weight is 298 g/mol. The van der Waals surface area contributed by atoms with E-state index in [1.54, 1.807) is 0 Å². The number of rotatable bonds is 2. The predicted octanol–water partition coefficient (Wildman–Crippen LogP) is 3.27. The summed E-state index contributed by atoms with van der Waals surface area (Å²) in [5, 5.41) is 0. The molecule has 4 heteroatoms. The monoisotopic (exact) mass is 297 g/mol. The van der Waals surface area contributed by atoms with Gasteiger partial charge in [-0.15, -0.1) is 0 Å². The van der Waals surface area contributed by atoms with Gasteiger partial charge < -0.3 is 4.90 Å². The van der Waals surface area contributed by atoms with Crippen LogP contribution in [0.5, 0.6) is 0 Å². The molecule has 1 aromatic heterocycles. The van der Waals surface area contributed by atoms with Crippen LogP contribution in [0.15, 0.2) is 6.07 Å². The lowest BCUT2D eigenvalue weighted by Gasteiger charge is -2.31. The van der Waals surface area contributed by atoms with Crippen molar-refractivity contribution in [2.24, 2.45) is 0 Å². The Morgan fingerprint density at radius 3 is 2.82 bits per heavy atom. The Hall–Kier alpha value is -0.640. The second-order valence-corrected chi connectivity index (χ2v) is 6.36. The zero-order chi connectivity index (χ0) is 12.4. The fourth-order valence-corrected chi connectivity index (χ4v) is 2.80. The SMILES string of the molecule is Cc1cc(N2CCCC(Br)C2)nc(C(C)C)n1. The highest BCUT2D eigenvalue weighted by atomic mass is 79.9. The third-order valence-corrected chi connectivity index (χ3v) is 3.81. The van der Waals surface area contributed by atoms with Crippen LogP contribution in [-0.2, 0) is 0 Å². The first kappa shape index (κ1) is 12.8. The standard InChI is InChI=1S/C13H20BrN3/c1-9(2)13-15-10(3)7-12(16-13)17-6-4-5-11(14)8-17/h7,9,11H,4-6,8H2,1-3H3. The molecule has 1 aromatic rings. The van der Waals surface area contributed by atoms with Gasteiger partial charge in [-0.2, -0.15) is 0 Å². The molecule has 0 amide bonds. The molecule has 1 saturated heterocycles. The maximum absolute atomic E-state index is 4.69. The van der Waals surface area contributed by atoms with E-state index < -0.39 is 0 Å². The van der Waals surface area contributed by atoms with Crippen LogP contribution in [0.25, 0.3) is 0 Å². The van der Waals surface area contributed by atoms with Crippen molar-refractivity contribution < 1.29 is 0 Å². The van der Waals surface area contributed by atoms with Crippen LogP contribution >= 0.6 is 15.9 Å². The molecular weight excluding hydrogens is 278 g/mol. The highest BCUT2D eigenvalue weighted by Crippen LogP contribution is 2.23. The molecule has 2 heterocycles. The van der Waals surface area contributed by atoms with Crippen molar-refractivity contribution in [2.75, 3.05) is 18.0 Å². The van der Waals surface area contributed by atoms with Crippen molar-refractivity contribution in [1.82, 2.24) is 9.97 Å². The molecule has 0 spiro atoms. The molecule has 1 aliphatic rings. The number of alkyl halides is 1. The Bertz CT molecular complexity index is 392. The van der Waals surface area contributed by atoms with Crippen molar-refractivity contribution in [3.8, 4) is 0 Å². The Labute approximate surface area is 112 Å². The summed E-state index contributed by atoms with van der Waals surface area (Å²) in [5.41, 5.74) is 1.07. The average Bonchev–Trinajstić information content (AvgIpc) is 2.28. The van der Waals surface area contributed by atoms with Crippen LogP contribution in [0, 0.1) is 6.92 Å². The largest absolute Gasteiger partial charge is 0.355 e. The highest BCUT2D eigenvalue weighted by molar-refractivity contribution is 9.09. The van der Waals surface area contributed by atoms with Crippen LogP contribution in [0.3, 0.4) is 0 Å². The van der Waals surface area contributed by atoms with Crippen LogP contribution in [-0.4, -0.2) is 27.9 Å². The first-order valence-electron chi connectivity index (χ1n) is 6.31. The summed E-state index contributed by atoms with van der Waals surface area (Å²) in [6.07, 6.45) is 2.49. The van der Waals surface area contributed by atoms with E-state index in [4.69, 9.17) is 0 Å². The summed E-state index contributed by atoms with van der Waals surface area (Å²) in [7, 11) is 0. The predicted molar refractivity (Wildman–Crippen MR) is 75.0 cm³/mol. The summed E-state index contributed by atoms with van der Waals surface area (Å²) in [5.74, 6) is 2.43. The van der Waals surface area contributed by atoms with Crippen molar-refractivity contribution >= 4 is 21.7 Å². The van der Waals surface area contributed by atoms with E-state index >= 15 is 0 Å². The molecule has 17 heavy (non-hydrogen) atoms. The molecule has 3 nitrogen and oxygen atoms in total. The molecule has 1 aliphatic heterocycles. The fourth-order valence-electron chi connectivity index (χ4n) is 2.13. The second-order valence-electron chi connectivity index (χ2n) is 5.07. The lowest BCUT2D eigenvalue weighted by molar-refractivity contribution is 0.588. The number of hydrogen-bond donors (Lipinski definition) is 0. The molecule has 2 rings (SSSR count). The summed E-state index contributed by atoms with van der Waals surface area (Å²) >= 11 is 3.71. The maximum atomic E-state index is 4.69. The maximum Gasteiger partial charge on any atom is 0.133 e. The van der Waals surface area contributed by atoms with Gasteiger partial charge in [0.25, 0.3) is 0 Å². The second kappa shape index (κ2) is 5.34. The Morgan fingerprint density at radius 2 is 2.18 bits per heavy atom. The number of aryl methyl sites for hydroxylation is 1. The molecule has 1 unspecified atom stereocenters. The van der Waals surface area contributed by atoms with Gasteiger partial charge in [-0.3, -0.25) is 0 Å². The number of nitrogens with zero attached hydrogens (tertiary/aromatic N) is 3. The van der Waals surface area contributed by atoms with E-state index in [2.05, 4.69) is 50.7 Å². The molecule has 0 radical (unpaired) electrons. The number of anilines is 1. The number of halogens is 1. The third-order valence-electron chi connectivity index (χ3n) is 3.06. The van der Waals surface area contributed by atoms with E-state index in [0.29, 0.717) is 10.7 Å². The van der Waals surface area contributed by atoms with Gasteiger partial charge >= 0.3 is 0 Å². The minimum Gasteiger partial charge on any atom is -0.355 e. The van der Waals surface area contributed by atoms with Crippen LogP contribution < -0.4 is 4.90 Å². The molecule has 1 atom stereocenters. The molecule has 0 N–H and O–H groups in total. The first-order valence-corrected chi connectivity index (χ1v) is 7.22.